The fraction of sp³-hybridized carbons (Fsp3) is 0.133. The highest BCUT2D eigenvalue weighted by Crippen LogP contribution is 2.25. The number of anilines is 1. The average molecular weight is 333 g/mol. The molecular formula is C15H15N3O2S2. The number of nitrogens with zero attached hydrogens (tertiary/aromatic N) is 2. The molecule has 0 spiro atoms. The number of ether oxygens (including phenoxy) is 1. The molecule has 7 heteroatoms. The number of hydrogen-bond acceptors (Lipinski definition) is 6. The topological polar surface area (TPSA) is 64.1 Å². The van der Waals surface area contributed by atoms with E-state index in [1.54, 1.807) is 19.3 Å². The number of thioether (sulfide) groups is 1. The Labute approximate surface area is 137 Å². The monoisotopic (exact) mass is 333 g/mol. The zero-order valence-corrected chi connectivity index (χ0v) is 13.6. The van der Waals surface area contributed by atoms with Gasteiger partial charge in [-0.15, -0.1) is 16.8 Å². The lowest BCUT2D eigenvalue weighted by molar-refractivity contribution is -0.111. The molecule has 0 bridgehead atoms. The molecule has 1 amide bonds. The van der Waals surface area contributed by atoms with Crippen LogP contribution in [0.25, 0.3) is 6.08 Å². The Kier molecular flexibility index (Phi) is 6.17. The zero-order valence-electron chi connectivity index (χ0n) is 12.0. The maximum Gasteiger partial charge on any atom is 0.250 e. The normalized spacial score (nSPS) is 10.6. The first-order chi connectivity index (χ1) is 10.7. The molecule has 1 aromatic carbocycles. The molecule has 1 aromatic heterocycles. The second-order valence-corrected chi connectivity index (χ2v) is 6.28. The van der Waals surface area contributed by atoms with Crippen LogP contribution in [0.15, 0.2) is 47.3 Å². The van der Waals surface area contributed by atoms with Gasteiger partial charge in [0.25, 0.3) is 0 Å². The molecule has 0 unspecified atom stereocenters. The van der Waals surface area contributed by atoms with Crippen LogP contribution < -0.4 is 10.1 Å². The van der Waals surface area contributed by atoms with Crippen molar-refractivity contribution in [3.05, 3.63) is 48.6 Å². The predicted octanol–water partition coefficient (Wildman–Crippen LogP) is 3.48. The highest BCUT2D eigenvalue weighted by atomic mass is 32.2. The molecular weight excluding hydrogens is 318 g/mol. The third-order valence-electron chi connectivity index (χ3n) is 2.51. The first-order valence-corrected chi connectivity index (χ1v) is 8.22. The highest BCUT2D eigenvalue weighted by Gasteiger charge is 2.06. The Hall–Kier alpha value is -2.12. The van der Waals surface area contributed by atoms with Gasteiger partial charge in [0.15, 0.2) is 4.34 Å². The molecule has 0 atom stereocenters. The molecule has 0 radical (unpaired) electrons. The minimum atomic E-state index is -0.262. The fourth-order valence-corrected chi connectivity index (χ4v) is 3.08. The lowest BCUT2D eigenvalue weighted by Gasteiger charge is -2.03. The van der Waals surface area contributed by atoms with Gasteiger partial charge in [0.1, 0.15) is 5.75 Å². The van der Waals surface area contributed by atoms with Gasteiger partial charge in [-0.05, 0) is 12.1 Å². The van der Waals surface area contributed by atoms with E-state index in [1.165, 1.54) is 29.2 Å². The Morgan fingerprint density at radius 2 is 2.27 bits per heavy atom. The summed E-state index contributed by atoms with van der Waals surface area (Å²) in [6.07, 6.45) is 4.93. The number of aromatic nitrogens is 2. The summed E-state index contributed by atoms with van der Waals surface area (Å²) < 4.78 is 6.02. The van der Waals surface area contributed by atoms with E-state index in [2.05, 4.69) is 22.1 Å². The molecule has 2 rings (SSSR count). The van der Waals surface area contributed by atoms with Gasteiger partial charge in [-0.2, -0.15) is 0 Å². The van der Waals surface area contributed by atoms with Crippen molar-refractivity contribution in [2.75, 3.05) is 18.2 Å². The first-order valence-electron chi connectivity index (χ1n) is 6.42. The lowest BCUT2D eigenvalue weighted by Crippen LogP contribution is -2.07. The van der Waals surface area contributed by atoms with Crippen molar-refractivity contribution >= 4 is 40.2 Å². The number of carbonyl (C=O) groups excluding carboxylic acids is 1. The van der Waals surface area contributed by atoms with E-state index < -0.39 is 0 Å². The molecule has 22 heavy (non-hydrogen) atoms. The molecule has 1 heterocycles. The van der Waals surface area contributed by atoms with Gasteiger partial charge >= 0.3 is 0 Å². The number of benzene rings is 1. The molecule has 0 aliphatic heterocycles. The summed E-state index contributed by atoms with van der Waals surface area (Å²) in [5, 5.41) is 11.1. The Balaban J connectivity index is 1.96. The summed E-state index contributed by atoms with van der Waals surface area (Å²) in [5.41, 5.74) is 0.833. The van der Waals surface area contributed by atoms with Gasteiger partial charge in [0, 0.05) is 17.4 Å². The summed E-state index contributed by atoms with van der Waals surface area (Å²) in [4.78, 5) is 11.9. The van der Waals surface area contributed by atoms with E-state index in [4.69, 9.17) is 4.74 Å². The Morgan fingerprint density at radius 3 is 3.05 bits per heavy atom. The maximum absolute atomic E-state index is 11.9. The summed E-state index contributed by atoms with van der Waals surface area (Å²) in [7, 11) is 1.59. The van der Waals surface area contributed by atoms with Gasteiger partial charge in [-0.3, -0.25) is 10.1 Å². The number of amides is 1. The summed E-state index contributed by atoms with van der Waals surface area (Å²) in [6, 6.07) is 7.47. The van der Waals surface area contributed by atoms with Crippen LogP contribution >= 0.6 is 23.1 Å². The maximum atomic E-state index is 11.9. The van der Waals surface area contributed by atoms with Crippen molar-refractivity contribution in [2.24, 2.45) is 0 Å². The molecule has 0 saturated carbocycles. The van der Waals surface area contributed by atoms with Crippen LogP contribution in [0.5, 0.6) is 5.75 Å². The van der Waals surface area contributed by atoms with E-state index in [0.717, 1.165) is 15.7 Å². The van der Waals surface area contributed by atoms with Gasteiger partial charge in [0.2, 0.25) is 11.0 Å². The van der Waals surface area contributed by atoms with Gasteiger partial charge in [-0.25, -0.2) is 0 Å². The van der Waals surface area contributed by atoms with E-state index in [-0.39, 0.29) is 5.91 Å². The average Bonchev–Trinajstić information content (AvgIpc) is 2.98. The molecule has 5 nitrogen and oxygen atoms in total. The van der Waals surface area contributed by atoms with E-state index in [9.17, 15) is 4.79 Å². The second kappa shape index (κ2) is 8.35. The highest BCUT2D eigenvalue weighted by molar-refractivity contribution is 8.01. The van der Waals surface area contributed by atoms with Crippen molar-refractivity contribution in [1.29, 1.82) is 0 Å². The third kappa shape index (κ3) is 4.71. The third-order valence-corrected chi connectivity index (χ3v) is 4.48. The molecule has 2 aromatic rings. The molecule has 0 aliphatic carbocycles. The van der Waals surface area contributed by atoms with Crippen molar-refractivity contribution in [3.8, 4) is 5.75 Å². The van der Waals surface area contributed by atoms with E-state index in [0.29, 0.717) is 10.9 Å². The van der Waals surface area contributed by atoms with Crippen molar-refractivity contribution in [2.45, 2.75) is 4.34 Å². The SMILES string of the molecule is C=CCSc1nnc(NC(=O)/C=C/c2ccccc2OC)s1. The Morgan fingerprint density at radius 1 is 1.45 bits per heavy atom. The number of methoxy groups -OCH3 is 1. The standard InChI is InChI=1S/C15H15N3O2S2/c1-3-10-21-15-18-17-14(22-15)16-13(19)9-8-11-6-4-5-7-12(11)20-2/h3-9H,1,10H2,2H3,(H,16,17,19)/b9-8+. The van der Waals surface area contributed by atoms with Crippen molar-refractivity contribution < 1.29 is 9.53 Å². The van der Waals surface area contributed by atoms with Crippen LogP contribution in [-0.2, 0) is 4.79 Å². The predicted molar refractivity (Wildman–Crippen MR) is 91.5 cm³/mol. The quantitative estimate of drug-likeness (QED) is 0.364. The summed E-state index contributed by atoms with van der Waals surface area (Å²) in [6.45, 7) is 3.64. The minimum absolute atomic E-state index is 0.262. The molecule has 0 aliphatic rings. The molecule has 114 valence electrons. The summed E-state index contributed by atoms with van der Waals surface area (Å²) >= 11 is 2.86. The van der Waals surface area contributed by atoms with Crippen LogP contribution in [0.4, 0.5) is 5.13 Å². The van der Waals surface area contributed by atoms with Crippen molar-refractivity contribution in [3.63, 3.8) is 0 Å². The number of nitrogens with one attached hydrogen (secondary N) is 1. The minimum Gasteiger partial charge on any atom is -0.496 e. The molecule has 1 N–H and O–H groups in total. The number of carbonyl (C=O) groups is 1. The Bertz CT molecular complexity index is 683. The molecule has 0 fully saturated rings. The van der Waals surface area contributed by atoms with Gasteiger partial charge in [0.05, 0.1) is 7.11 Å². The van der Waals surface area contributed by atoms with Crippen LogP contribution in [0.1, 0.15) is 5.56 Å². The number of rotatable bonds is 7. The van der Waals surface area contributed by atoms with Crippen LogP contribution in [-0.4, -0.2) is 29.0 Å². The van der Waals surface area contributed by atoms with Crippen molar-refractivity contribution in [1.82, 2.24) is 10.2 Å². The van der Waals surface area contributed by atoms with Gasteiger partial charge in [-0.1, -0.05) is 47.4 Å². The van der Waals surface area contributed by atoms with Crippen LogP contribution in [0.3, 0.4) is 0 Å². The summed E-state index contributed by atoms with van der Waals surface area (Å²) in [5.74, 6) is 1.21. The smallest absolute Gasteiger partial charge is 0.250 e. The number of hydrogen-bond donors (Lipinski definition) is 1. The second-order valence-electron chi connectivity index (χ2n) is 4.04. The van der Waals surface area contributed by atoms with E-state index >= 15 is 0 Å². The fourth-order valence-electron chi connectivity index (χ4n) is 1.57. The van der Waals surface area contributed by atoms with Gasteiger partial charge < -0.3 is 4.74 Å². The van der Waals surface area contributed by atoms with E-state index in [1.807, 2.05) is 24.3 Å². The van der Waals surface area contributed by atoms with Crippen LogP contribution in [0.2, 0.25) is 0 Å². The number of para-hydroxylation sites is 1. The zero-order chi connectivity index (χ0) is 15.8. The lowest BCUT2D eigenvalue weighted by atomic mass is 10.2. The van der Waals surface area contributed by atoms with Crippen LogP contribution in [0, 0.1) is 0 Å². The largest absolute Gasteiger partial charge is 0.496 e. The first kappa shape index (κ1) is 16.3. The molecule has 0 saturated heterocycles.